The first-order valence-corrected chi connectivity index (χ1v) is 10.6. The molecule has 2 aromatic rings. The number of carbonyl (C=O) groups is 3. The van der Waals surface area contributed by atoms with Crippen LogP contribution in [0.1, 0.15) is 50.8 Å². The summed E-state index contributed by atoms with van der Waals surface area (Å²) in [5, 5.41) is 1.64. The number of ether oxygens (including phenoxy) is 2. The minimum atomic E-state index is -3.45. The molecule has 2 saturated heterocycles. The molecule has 8 nitrogen and oxygen atoms in total. The molecule has 2 fully saturated rings. The van der Waals surface area contributed by atoms with Crippen molar-refractivity contribution in [2.24, 2.45) is 0 Å². The van der Waals surface area contributed by atoms with Gasteiger partial charge in [-0.3, -0.25) is 24.6 Å². The third-order valence-corrected chi connectivity index (χ3v) is 5.68. The maximum Gasteiger partial charge on any atom is 0.255 e. The number of amides is 3. The highest BCUT2D eigenvalue weighted by Crippen LogP contribution is 2.34. The first-order chi connectivity index (χ1) is 19.6. The van der Waals surface area contributed by atoms with Crippen molar-refractivity contribution in [1.29, 1.82) is 0 Å². The van der Waals surface area contributed by atoms with E-state index in [0.29, 0.717) is 31.2 Å². The summed E-state index contributed by atoms with van der Waals surface area (Å²) in [6, 6.07) is -0.398. The third-order valence-electron chi connectivity index (χ3n) is 5.68. The molecule has 178 valence electrons. The van der Waals surface area contributed by atoms with Crippen LogP contribution in [0, 0.1) is 5.82 Å². The van der Waals surface area contributed by atoms with Gasteiger partial charge in [0.1, 0.15) is 24.2 Å². The Balaban J connectivity index is 1.42. The van der Waals surface area contributed by atoms with Crippen molar-refractivity contribution >= 4 is 17.7 Å². The van der Waals surface area contributed by atoms with Crippen molar-refractivity contribution in [3.63, 3.8) is 0 Å². The number of carbonyl (C=O) groups excluding carboxylic acids is 3. The number of halogens is 1. The normalized spacial score (nSPS) is 29.4. The van der Waals surface area contributed by atoms with E-state index in [4.69, 9.17) is 20.4 Å². The molecule has 2 aromatic carbocycles. The van der Waals surface area contributed by atoms with E-state index >= 15 is 4.39 Å². The van der Waals surface area contributed by atoms with Gasteiger partial charge in [-0.2, -0.15) is 0 Å². The largest absolute Gasteiger partial charge is 0.488 e. The van der Waals surface area contributed by atoms with E-state index in [9.17, 15) is 14.4 Å². The second-order valence-electron chi connectivity index (χ2n) is 7.88. The lowest BCUT2D eigenvalue weighted by atomic mass is 10.0. The second kappa shape index (κ2) is 9.52. The average molecular weight is 476 g/mol. The summed E-state index contributed by atoms with van der Waals surface area (Å²) in [7, 11) is 0. The highest BCUT2D eigenvalue weighted by atomic mass is 19.1. The molecule has 3 amide bonds. The van der Waals surface area contributed by atoms with Crippen LogP contribution in [-0.2, 0) is 34.0 Å². The van der Waals surface area contributed by atoms with Crippen LogP contribution in [0.2, 0.25) is 0 Å². The van der Waals surface area contributed by atoms with Crippen molar-refractivity contribution in [3.05, 3.63) is 64.4 Å². The highest BCUT2D eigenvalue weighted by Gasteiger charge is 2.40. The topological polar surface area (TPSA) is 88.2 Å². The number of rotatable bonds is 6. The fourth-order valence-corrected chi connectivity index (χ4v) is 3.93. The first kappa shape index (κ1) is 14.9. The Bertz CT molecular complexity index is 1470. The maximum atomic E-state index is 15.3. The van der Waals surface area contributed by atoms with Crippen molar-refractivity contribution in [3.8, 4) is 5.75 Å². The number of imide groups is 1. The molecule has 0 bridgehead atoms. The SMILES string of the molecule is [2H]c1c([2H])c(COc2cccc3c2CN([C@@]2([2H])C(=O)NC(=O)C([2H])([2H])C2([2H])[2H])C3=O)c(F)c([2H])c1CN1CCOCC1. The van der Waals surface area contributed by atoms with Gasteiger partial charge in [-0.25, -0.2) is 4.39 Å². The molecule has 0 spiro atoms. The van der Waals surface area contributed by atoms with Gasteiger partial charge in [0, 0.05) is 48.2 Å². The summed E-state index contributed by atoms with van der Waals surface area (Å²) in [6.07, 6.45) is -6.77. The third kappa shape index (κ3) is 4.53. The Labute approximate surface area is 207 Å². The Morgan fingerprint density at radius 1 is 1.26 bits per heavy atom. The van der Waals surface area contributed by atoms with E-state index in [1.807, 2.05) is 4.90 Å². The first-order valence-electron chi connectivity index (χ1n) is 14.6. The van der Waals surface area contributed by atoms with Crippen LogP contribution in [0.5, 0.6) is 5.75 Å². The molecule has 0 unspecified atom stereocenters. The summed E-state index contributed by atoms with van der Waals surface area (Å²) < 4.78 is 92.3. The van der Waals surface area contributed by atoms with Crippen LogP contribution in [0.4, 0.5) is 4.39 Å². The number of hydrogen-bond donors (Lipinski definition) is 1. The summed E-state index contributed by atoms with van der Waals surface area (Å²) >= 11 is 0. The number of benzene rings is 2. The predicted octanol–water partition coefficient (Wildman–Crippen LogP) is 2.00. The van der Waals surface area contributed by atoms with E-state index in [2.05, 4.69) is 0 Å². The fourth-order valence-electron chi connectivity index (χ4n) is 3.93. The molecule has 5 rings (SSSR count). The van der Waals surface area contributed by atoms with Gasteiger partial charge >= 0.3 is 0 Å². The van der Waals surface area contributed by atoms with Gasteiger partial charge < -0.3 is 14.4 Å². The average Bonchev–Trinajstić information content (AvgIpc) is 3.30. The van der Waals surface area contributed by atoms with Gasteiger partial charge in [0.15, 0.2) is 0 Å². The van der Waals surface area contributed by atoms with E-state index in [-0.39, 0.29) is 40.6 Å². The van der Waals surface area contributed by atoms with Gasteiger partial charge in [0.2, 0.25) is 11.8 Å². The van der Waals surface area contributed by atoms with Crippen LogP contribution in [0.15, 0.2) is 36.3 Å². The number of hydrogen-bond acceptors (Lipinski definition) is 6. The number of fused-ring (bicyclic) bond motifs is 1. The lowest BCUT2D eigenvalue weighted by Crippen LogP contribution is -2.52. The standard InChI is InChI=1S/C25H26FN3O5/c26-20-12-16(13-28-8-10-33-11-9-28)4-5-17(20)15-34-22-3-1-2-18-19(22)14-29(25(18)32)21-6-7-23(30)27-24(21)31/h1-5,12,21H,6-11,13-15H2,(H,27,30,31)/t21-/m1/s1/i4D,5D,6D2,7D2,12D,21D. The van der Waals surface area contributed by atoms with Crippen molar-refractivity contribution < 1.29 is 39.2 Å². The van der Waals surface area contributed by atoms with Crippen LogP contribution in [0.3, 0.4) is 0 Å². The Hall–Kier alpha value is -3.30. The molecule has 0 radical (unpaired) electrons. The molecule has 1 atom stereocenters. The fraction of sp³-hybridized carbons (Fsp3) is 0.400. The molecular formula is C25H26FN3O5. The van der Waals surface area contributed by atoms with E-state index < -0.39 is 67.5 Å². The Kier molecular flexibility index (Phi) is 4.16. The zero-order valence-corrected chi connectivity index (χ0v) is 18.0. The highest BCUT2D eigenvalue weighted by molar-refractivity contribution is 6.05. The number of nitrogens with one attached hydrogen (secondary N) is 1. The second-order valence-corrected chi connectivity index (χ2v) is 7.88. The predicted molar refractivity (Wildman–Crippen MR) is 119 cm³/mol. The Morgan fingerprint density at radius 3 is 2.91 bits per heavy atom. The summed E-state index contributed by atoms with van der Waals surface area (Å²) in [5.41, 5.74) is -0.302. The van der Waals surface area contributed by atoms with Crippen LogP contribution < -0.4 is 10.1 Å². The van der Waals surface area contributed by atoms with Gasteiger partial charge in [-0.15, -0.1) is 0 Å². The number of morpholine rings is 1. The zero-order valence-electron chi connectivity index (χ0n) is 26.0. The number of piperidine rings is 1. The van der Waals surface area contributed by atoms with Gasteiger partial charge in [-0.05, 0) is 30.1 Å². The molecule has 0 aliphatic carbocycles. The quantitative estimate of drug-likeness (QED) is 0.643. The summed E-state index contributed by atoms with van der Waals surface area (Å²) in [5.74, 6) is -5.14. The lowest BCUT2D eigenvalue weighted by Gasteiger charge is -2.29. The molecular weight excluding hydrogens is 441 g/mol. The van der Waals surface area contributed by atoms with Crippen LogP contribution in [0.25, 0.3) is 0 Å². The van der Waals surface area contributed by atoms with Gasteiger partial charge in [0.05, 0.1) is 25.2 Å². The molecule has 3 aliphatic heterocycles. The minimum absolute atomic E-state index is 0.0305. The van der Waals surface area contributed by atoms with E-state index in [1.165, 1.54) is 18.2 Å². The number of nitrogens with zero attached hydrogens (tertiary/aromatic N) is 2. The van der Waals surface area contributed by atoms with Crippen molar-refractivity contribution in [2.75, 3.05) is 26.3 Å². The van der Waals surface area contributed by atoms with E-state index in [1.54, 1.807) is 5.32 Å². The maximum absolute atomic E-state index is 15.3. The molecule has 3 aliphatic rings. The summed E-state index contributed by atoms with van der Waals surface area (Å²) in [4.78, 5) is 40.5. The molecule has 34 heavy (non-hydrogen) atoms. The Morgan fingerprint density at radius 2 is 2.09 bits per heavy atom. The van der Waals surface area contributed by atoms with Crippen molar-refractivity contribution in [1.82, 2.24) is 15.1 Å². The monoisotopic (exact) mass is 475 g/mol. The van der Waals surface area contributed by atoms with Crippen LogP contribution >= 0.6 is 0 Å². The lowest BCUT2D eigenvalue weighted by molar-refractivity contribution is -0.136. The zero-order chi connectivity index (χ0) is 30.8. The molecule has 9 heteroatoms. The molecule has 1 N–H and O–H groups in total. The van der Waals surface area contributed by atoms with Gasteiger partial charge in [0.25, 0.3) is 5.91 Å². The van der Waals surface area contributed by atoms with Gasteiger partial charge in [-0.1, -0.05) is 18.2 Å². The molecule has 0 aromatic heterocycles. The van der Waals surface area contributed by atoms with E-state index in [0.717, 1.165) is 0 Å². The molecule has 0 saturated carbocycles. The molecule has 3 heterocycles. The minimum Gasteiger partial charge on any atom is -0.488 e. The van der Waals surface area contributed by atoms with Crippen LogP contribution in [-0.4, -0.2) is 59.8 Å². The summed E-state index contributed by atoms with van der Waals surface area (Å²) in [6.45, 7) is 0.934. The smallest absolute Gasteiger partial charge is 0.255 e. The van der Waals surface area contributed by atoms with Crippen molar-refractivity contribution in [2.45, 2.75) is 38.5 Å².